The van der Waals surface area contributed by atoms with Crippen molar-refractivity contribution in [1.29, 1.82) is 0 Å². The first-order chi connectivity index (χ1) is 5.84. The molecule has 2 N–H and O–H groups in total. The van der Waals surface area contributed by atoms with E-state index in [4.69, 9.17) is 0 Å². The van der Waals surface area contributed by atoms with Gasteiger partial charge in [0, 0.05) is 13.0 Å². The maximum atomic E-state index is 11.4. The predicted octanol–water partition coefficient (Wildman–Crippen LogP) is 0.288. The summed E-state index contributed by atoms with van der Waals surface area (Å²) in [5.41, 5.74) is 0. The fourth-order valence-corrected chi connectivity index (χ4v) is 1.41. The molecule has 1 rings (SSSR count). The topological polar surface area (TPSA) is 41.1 Å². The van der Waals surface area contributed by atoms with Gasteiger partial charge in [0.2, 0.25) is 0 Å². The average Bonchev–Trinajstić information content (AvgIpc) is 2.15. The first-order valence-corrected chi connectivity index (χ1v) is 4.43. The van der Waals surface area contributed by atoms with E-state index < -0.39 is 0 Å². The van der Waals surface area contributed by atoms with Crippen molar-refractivity contribution in [3.05, 3.63) is 12.3 Å². The molecule has 0 radical (unpaired) electrons. The van der Waals surface area contributed by atoms with Crippen LogP contribution in [0, 0.1) is 5.92 Å². The number of hydrogen-bond acceptors (Lipinski definition) is 3. The van der Waals surface area contributed by atoms with Gasteiger partial charge in [-0.1, -0.05) is 0 Å². The smallest absolute Gasteiger partial charge is 0.160 e. The summed E-state index contributed by atoms with van der Waals surface area (Å²) >= 11 is 0. The zero-order valence-electron chi connectivity index (χ0n) is 7.47. The standard InChI is InChI=1S/C9H16N2O/c1-10-5-4-9(12)8-2-6-11-7-3-8/h4-5,8,10-11H,2-3,6-7H2,1H3/b5-4+. The summed E-state index contributed by atoms with van der Waals surface area (Å²) in [6.07, 6.45) is 5.29. The number of ketones is 1. The molecule has 0 atom stereocenters. The molecule has 0 aromatic heterocycles. The fraction of sp³-hybridized carbons (Fsp3) is 0.667. The molecule has 12 heavy (non-hydrogen) atoms. The fourth-order valence-electron chi connectivity index (χ4n) is 1.41. The molecule has 0 amide bonds. The Morgan fingerprint density at radius 2 is 2.17 bits per heavy atom. The first kappa shape index (κ1) is 9.26. The van der Waals surface area contributed by atoms with Gasteiger partial charge in [-0.15, -0.1) is 0 Å². The molecule has 0 bridgehead atoms. The van der Waals surface area contributed by atoms with Crippen LogP contribution >= 0.6 is 0 Å². The molecule has 0 saturated carbocycles. The Morgan fingerprint density at radius 1 is 1.50 bits per heavy atom. The van der Waals surface area contributed by atoms with E-state index in [1.165, 1.54) is 0 Å². The van der Waals surface area contributed by atoms with E-state index in [9.17, 15) is 4.79 Å². The van der Waals surface area contributed by atoms with E-state index >= 15 is 0 Å². The van der Waals surface area contributed by atoms with E-state index in [0.717, 1.165) is 25.9 Å². The lowest BCUT2D eigenvalue weighted by Gasteiger charge is -2.19. The lowest BCUT2D eigenvalue weighted by Crippen LogP contribution is -2.31. The summed E-state index contributed by atoms with van der Waals surface area (Å²) in [6, 6.07) is 0. The van der Waals surface area contributed by atoms with E-state index in [-0.39, 0.29) is 11.7 Å². The van der Waals surface area contributed by atoms with Gasteiger partial charge in [0.05, 0.1) is 0 Å². The Hall–Kier alpha value is -0.830. The van der Waals surface area contributed by atoms with Crippen LogP contribution in [0.15, 0.2) is 12.3 Å². The highest BCUT2D eigenvalue weighted by molar-refractivity contribution is 5.91. The van der Waals surface area contributed by atoms with Gasteiger partial charge in [0.1, 0.15) is 0 Å². The van der Waals surface area contributed by atoms with E-state index in [1.54, 1.807) is 19.3 Å². The molecule has 3 nitrogen and oxygen atoms in total. The Labute approximate surface area is 73.2 Å². The van der Waals surface area contributed by atoms with Crippen LogP contribution in [0.4, 0.5) is 0 Å². The van der Waals surface area contributed by atoms with Gasteiger partial charge in [0.25, 0.3) is 0 Å². The van der Waals surface area contributed by atoms with Crippen LogP contribution in [0.2, 0.25) is 0 Å². The summed E-state index contributed by atoms with van der Waals surface area (Å²) in [7, 11) is 1.80. The van der Waals surface area contributed by atoms with Gasteiger partial charge in [-0.2, -0.15) is 0 Å². The van der Waals surface area contributed by atoms with Crippen LogP contribution in [-0.4, -0.2) is 25.9 Å². The van der Waals surface area contributed by atoms with Crippen molar-refractivity contribution in [2.45, 2.75) is 12.8 Å². The van der Waals surface area contributed by atoms with Gasteiger partial charge >= 0.3 is 0 Å². The van der Waals surface area contributed by atoms with Crippen LogP contribution < -0.4 is 10.6 Å². The van der Waals surface area contributed by atoms with Crippen molar-refractivity contribution < 1.29 is 4.79 Å². The van der Waals surface area contributed by atoms with E-state index in [1.807, 2.05) is 0 Å². The molecule has 0 spiro atoms. The molecule has 3 heteroatoms. The minimum Gasteiger partial charge on any atom is -0.394 e. The predicted molar refractivity (Wildman–Crippen MR) is 48.8 cm³/mol. The van der Waals surface area contributed by atoms with Gasteiger partial charge in [-0.3, -0.25) is 4.79 Å². The molecule has 1 aliphatic rings. The highest BCUT2D eigenvalue weighted by atomic mass is 16.1. The second-order valence-electron chi connectivity index (χ2n) is 3.05. The monoisotopic (exact) mass is 168 g/mol. The Kier molecular flexibility index (Phi) is 3.80. The Morgan fingerprint density at radius 3 is 2.75 bits per heavy atom. The molecule has 0 unspecified atom stereocenters. The number of carbonyl (C=O) groups excluding carboxylic acids is 1. The number of allylic oxidation sites excluding steroid dienone is 1. The van der Waals surface area contributed by atoms with Crippen molar-refractivity contribution in [2.75, 3.05) is 20.1 Å². The van der Waals surface area contributed by atoms with Crippen LogP contribution in [-0.2, 0) is 4.79 Å². The van der Waals surface area contributed by atoms with Crippen molar-refractivity contribution >= 4 is 5.78 Å². The minimum absolute atomic E-state index is 0.246. The lowest BCUT2D eigenvalue weighted by atomic mass is 9.93. The molecule has 0 aromatic carbocycles. The number of nitrogens with one attached hydrogen (secondary N) is 2. The van der Waals surface area contributed by atoms with Crippen molar-refractivity contribution in [3.63, 3.8) is 0 Å². The normalized spacial score (nSPS) is 19.8. The van der Waals surface area contributed by atoms with E-state index in [2.05, 4.69) is 10.6 Å². The zero-order chi connectivity index (χ0) is 8.81. The van der Waals surface area contributed by atoms with Crippen LogP contribution in [0.25, 0.3) is 0 Å². The number of carbonyl (C=O) groups is 1. The molecule has 68 valence electrons. The molecule has 1 aliphatic heterocycles. The average molecular weight is 168 g/mol. The number of hydrogen-bond donors (Lipinski definition) is 2. The van der Waals surface area contributed by atoms with E-state index in [0.29, 0.717) is 0 Å². The molecule has 1 saturated heterocycles. The molecule has 1 heterocycles. The largest absolute Gasteiger partial charge is 0.394 e. The SMILES string of the molecule is CN/C=C/C(=O)C1CCNCC1. The maximum absolute atomic E-state index is 11.4. The quantitative estimate of drug-likeness (QED) is 0.595. The van der Waals surface area contributed by atoms with Crippen LogP contribution in [0.1, 0.15) is 12.8 Å². The summed E-state index contributed by atoms with van der Waals surface area (Å²) in [5.74, 6) is 0.502. The third-order valence-electron chi connectivity index (χ3n) is 2.16. The third kappa shape index (κ3) is 2.66. The summed E-state index contributed by atoms with van der Waals surface area (Å²) in [5, 5.41) is 6.05. The summed E-state index contributed by atoms with van der Waals surface area (Å²) in [4.78, 5) is 11.4. The first-order valence-electron chi connectivity index (χ1n) is 4.43. The second-order valence-corrected chi connectivity index (χ2v) is 3.05. The van der Waals surface area contributed by atoms with Gasteiger partial charge < -0.3 is 10.6 Å². The van der Waals surface area contributed by atoms with Crippen LogP contribution in [0.5, 0.6) is 0 Å². The van der Waals surface area contributed by atoms with Gasteiger partial charge in [-0.05, 0) is 38.2 Å². The number of rotatable bonds is 3. The van der Waals surface area contributed by atoms with Crippen LogP contribution in [0.3, 0.4) is 0 Å². The Bertz CT molecular complexity index is 171. The second kappa shape index (κ2) is 4.93. The van der Waals surface area contributed by atoms with Gasteiger partial charge in [0.15, 0.2) is 5.78 Å². The van der Waals surface area contributed by atoms with Crippen molar-refractivity contribution in [1.82, 2.24) is 10.6 Å². The zero-order valence-corrected chi connectivity index (χ0v) is 7.47. The molecular formula is C9H16N2O. The van der Waals surface area contributed by atoms with Crippen molar-refractivity contribution in [2.24, 2.45) is 5.92 Å². The maximum Gasteiger partial charge on any atom is 0.160 e. The minimum atomic E-state index is 0.246. The van der Waals surface area contributed by atoms with Crippen molar-refractivity contribution in [3.8, 4) is 0 Å². The highest BCUT2D eigenvalue weighted by Gasteiger charge is 2.18. The lowest BCUT2D eigenvalue weighted by molar-refractivity contribution is -0.118. The van der Waals surface area contributed by atoms with Gasteiger partial charge in [-0.25, -0.2) is 0 Å². The molecule has 1 fully saturated rings. The Balaban J connectivity index is 2.34. The highest BCUT2D eigenvalue weighted by Crippen LogP contribution is 2.12. The summed E-state index contributed by atoms with van der Waals surface area (Å²) in [6.45, 7) is 1.95. The molecule has 0 aromatic rings. The molecular weight excluding hydrogens is 152 g/mol. The molecule has 0 aliphatic carbocycles. The summed E-state index contributed by atoms with van der Waals surface area (Å²) < 4.78 is 0. The number of piperidine rings is 1. The third-order valence-corrected chi connectivity index (χ3v) is 2.16.